The molecule has 0 aromatic heterocycles. The second-order valence-electron chi connectivity index (χ2n) is 4.27. The Kier molecular flexibility index (Phi) is 4.73. The molecule has 0 spiro atoms. The van der Waals surface area contributed by atoms with Gasteiger partial charge in [-0.05, 0) is 24.1 Å². The van der Waals surface area contributed by atoms with Crippen molar-refractivity contribution in [3.63, 3.8) is 0 Å². The number of rotatable bonds is 6. The zero-order chi connectivity index (χ0) is 15.2. The van der Waals surface area contributed by atoms with Crippen molar-refractivity contribution in [2.75, 3.05) is 13.7 Å². The molecule has 0 unspecified atom stereocenters. The summed E-state index contributed by atoms with van der Waals surface area (Å²) in [6.07, 6.45) is 0.473. The Balaban J connectivity index is 2.30. The van der Waals surface area contributed by atoms with Crippen molar-refractivity contribution in [3.05, 3.63) is 58.1 Å². The third kappa shape index (κ3) is 3.49. The molecule has 0 aliphatic heterocycles. The quantitative estimate of drug-likeness (QED) is 0.653. The van der Waals surface area contributed by atoms with Gasteiger partial charge in [-0.1, -0.05) is 18.2 Å². The summed E-state index contributed by atoms with van der Waals surface area (Å²) in [6, 6.07) is 11.6. The van der Waals surface area contributed by atoms with Gasteiger partial charge in [0, 0.05) is 18.7 Å². The van der Waals surface area contributed by atoms with E-state index in [0.29, 0.717) is 17.9 Å². The number of nitrogens with zero attached hydrogens (tertiary/aromatic N) is 1. The lowest BCUT2D eigenvalue weighted by molar-refractivity contribution is -0.385. The lowest BCUT2D eigenvalue weighted by Crippen LogP contribution is -1.97. The Labute approximate surface area is 121 Å². The molecule has 2 aromatic carbocycles. The molecule has 0 amide bonds. The Hall–Kier alpha value is -2.60. The molecule has 6 nitrogen and oxygen atoms in total. The molecular formula is C15H15NO5. The average Bonchev–Trinajstić information content (AvgIpc) is 2.49. The number of aliphatic hydroxyl groups excluding tert-OH is 1. The minimum atomic E-state index is -0.512. The Morgan fingerprint density at radius 1 is 1.19 bits per heavy atom. The van der Waals surface area contributed by atoms with Gasteiger partial charge in [-0.15, -0.1) is 0 Å². The summed E-state index contributed by atoms with van der Waals surface area (Å²) in [5.74, 6) is 1.17. The molecule has 0 aliphatic rings. The van der Waals surface area contributed by atoms with Crippen LogP contribution in [0.3, 0.4) is 0 Å². The first-order valence-electron chi connectivity index (χ1n) is 6.34. The number of hydrogen-bond acceptors (Lipinski definition) is 5. The first kappa shape index (κ1) is 14.8. The second-order valence-corrected chi connectivity index (χ2v) is 4.27. The molecule has 110 valence electrons. The van der Waals surface area contributed by atoms with Crippen LogP contribution in [-0.2, 0) is 6.42 Å². The molecule has 1 N–H and O–H groups in total. The number of benzene rings is 2. The van der Waals surface area contributed by atoms with Gasteiger partial charge in [0.05, 0.1) is 12.0 Å². The number of nitro benzene ring substituents is 1. The molecule has 6 heteroatoms. The molecule has 2 rings (SSSR count). The maximum absolute atomic E-state index is 10.8. The summed E-state index contributed by atoms with van der Waals surface area (Å²) < 4.78 is 10.7. The first-order valence-corrected chi connectivity index (χ1v) is 6.34. The smallest absolute Gasteiger partial charge is 0.311 e. The highest BCUT2D eigenvalue weighted by atomic mass is 16.6. The summed E-state index contributed by atoms with van der Waals surface area (Å²) in [6.45, 7) is 0.0178. The Morgan fingerprint density at radius 2 is 1.95 bits per heavy atom. The van der Waals surface area contributed by atoms with Crippen molar-refractivity contribution in [3.8, 4) is 17.2 Å². The first-order chi connectivity index (χ1) is 10.2. The van der Waals surface area contributed by atoms with Crippen molar-refractivity contribution >= 4 is 5.69 Å². The Bertz CT molecular complexity index is 642. The van der Waals surface area contributed by atoms with Crippen molar-refractivity contribution in [1.82, 2.24) is 0 Å². The fraction of sp³-hybridized carbons (Fsp3) is 0.200. The van der Waals surface area contributed by atoms with E-state index in [4.69, 9.17) is 14.6 Å². The molecule has 0 saturated heterocycles. The third-order valence-corrected chi connectivity index (χ3v) is 2.93. The van der Waals surface area contributed by atoms with Gasteiger partial charge < -0.3 is 14.6 Å². The largest absolute Gasteiger partial charge is 0.490 e. The maximum atomic E-state index is 10.8. The normalized spacial score (nSPS) is 10.2. The van der Waals surface area contributed by atoms with E-state index in [2.05, 4.69) is 0 Å². The molecule has 0 heterocycles. The standard InChI is InChI=1S/C15H15NO5/c1-20-15-10-12(6-7-13(15)16(18)19)21-14-5-3-2-4-11(14)8-9-17/h2-7,10,17H,8-9H2,1H3. The van der Waals surface area contributed by atoms with Crippen LogP contribution in [0.5, 0.6) is 17.2 Å². The van der Waals surface area contributed by atoms with E-state index in [1.165, 1.54) is 25.3 Å². The van der Waals surface area contributed by atoms with E-state index in [9.17, 15) is 10.1 Å². The van der Waals surface area contributed by atoms with Crippen LogP contribution in [0.1, 0.15) is 5.56 Å². The van der Waals surface area contributed by atoms with Crippen LogP contribution < -0.4 is 9.47 Å². The summed E-state index contributed by atoms with van der Waals surface area (Å²) in [4.78, 5) is 10.3. The summed E-state index contributed by atoms with van der Waals surface area (Å²) in [5, 5.41) is 19.9. The molecule has 0 saturated carbocycles. The topological polar surface area (TPSA) is 81.8 Å². The van der Waals surface area contributed by atoms with E-state index in [-0.39, 0.29) is 18.0 Å². The number of methoxy groups -OCH3 is 1. The number of para-hydroxylation sites is 1. The van der Waals surface area contributed by atoms with Gasteiger partial charge >= 0.3 is 5.69 Å². The predicted molar refractivity (Wildman–Crippen MR) is 77.0 cm³/mol. The minimum Gasteiger partial charge on any atom is -0.490 e. The SMILES string of the molecule is COc1cc(Oc2ccccc2CCO)ccc1[N+](=O)[O-]. The summed E-state index contributed by atoms with van der Waals surface area (Å²) in [5.41, 5.74) is 0.741. The van der Waals surface area contributed by atoms with Crippen LogP contribution in [0.25, 0.3) is 0 Å². The van der Waals surface area contributed by atoms with E-state index in [1.807, 2.05) is 18.2 Å². The zero-order valence-corrected chi connectivity index (χ0v) is 11.5. The van der Waals surface area contributed by atoms with Gasteiger partial charge in [0.15, 0.2) is 0 Å². The van der Waals surface area contributed by atoms with Crippen molar-refractivity contribution in [1.29, 1.82) is 0 Å². The molecular weight excluding hydrogens is 274 g/mol. The van der Waals surface area contributed by atoms with Gasteiger partial charge in [0.1, 0.15) is 11.5 Å². The molecule has 0 fully saturated rings. The summed E-state index contributed by atoms with van der Waals surface area (Å²) in [7, 11) is 1.37. The van der Waals surface area contributed by atoms with E-state index in [1.54, 1.807) is 6.07 Å². The second kappa shape index (κ2) is 6.71. The molecule has 0 bridgehead atoms. The van der Waals surface area contributed by atoms with Crippen LogP contribution in [0.2, 0.25) is 0 Å². The van der Waals surface area contributed by atoms with Crippen LogP contribution in [0.4, 0.5) is 5.69 Å². The number of nitro groups is 1. The highest BCUT2D eigenvalue weighted by Crippen LogP contribution is 2.33. The van der Waals surface area contributed by atoms with Crippen LogP contribution in [0.15, 0.2) is 42.5 Å². The number of ether oxygens (including phenoxy) is 2. The monoisotopic (exact) mass is 289 g/mol. The van der Waals surface area contributed by atoms with Gasteiger partial charge in [-0.2, -0.15) is 0 Å². The van der Waals surface area contributed by atoms with Crippen molar-refractivity contribution in [2.24, 2.45) is 0 Å². The van der Waals surface area contributed by atoms with Crippen LogP contribution in [0, 0.1) is 10.1 Å². The van der Waals surface area contributed by atoms with Crippen molar-refractivity contribution < 1.29 is 19.5 Å². The average molecular weight is 289 g/mol. The van der Waals surface area contributed by atoms with Gasteiger partial charge in [-0.25, -0.2) is 0 Å². The fourth-order valence-corrected chi connectivity index (χ4v) is 1.93. The van der Waals surface area contributed by atoms with Crippen LogP contribution >= 0.6 is 0 Å². The Morgan fingerprint density at radius 3 is 2.62 bits per heavy atom. The van der Waals surface area contributed by atoms with E-state index >= 15 is 0 Å². The third-order valence-electron chi connectivity index (χ3n) is 2.93. The maximum Gasteiger partial charge on any atom is 0.311 e. The van der Waals surface area contributed by atoms with E-state index < -0.39 is 4.92 Å². The van der Waals surface area contributed by atoms with Gasteiger partial charge in [0.25, 0.3) is 0 Å². The minimum absolute atomic E-state index is 0.0178. The zero-order valence-electron chi connectivity index (χ0n) is 11.5. The van der Waals surface area contributed by atoms with Crippen molar-refractivity contribution in [2.45, 2.75) is 6.42 Å². The highest BCUT2D eigenvalue weighted by molar-refractivity contribution is 5.51. The highest BCUT2D eigenvalue weighted by Gasteiger charge is 2.15. The fourth-order valence-electron chi connectivity index (χ4n) is 1.93. The van der Waals surface area contributed by atoms with Crippen LogP contribution in [-0.4, -0.2) is 23.7 Å². The molecule has 0 aliphatic carbocycles. The van der Waals surface area contributed by atoms with E-state index in [0.717, 1.165) is 5.56 Å². The molecule has 0 atom stereocenters. The lowest BCUT2D eigenvalue weighted by Gasteiger charge is -2.11. The van der Waals surface area contributed by atoms with Gasteiger partial charge in [-0.3, -0.25) is 10.1 Å². The predicted octanol–water partition coefficient (Wildman–Crippen LogP) is 2.93. The summed E-state index contributed by atoms with van der Waals surface area (Å²) >= 11 is 0. The van der Waals surface area contributed by atoms with Gasteiger partial charge in [0.2, 0.25) is 5.75 Å². The molecule has 21 heavy (non-hydrogen) atoms. The molecule has 0 radical (unpaired) electrons. The number of aliphatic hydroxyl groups is 1. The lowest BCUT2D eigenvalue weighted by atomic mass is 10.1. The molecule has 2 aromatic rings. The number of hydrogen-bond donors (Lipinski definition) is 1.